The van der Waals surface area contributed by atoms with Crippen molar-refractivity contribution in [2.45, 2.75) is 18.6 Å². The average Bonchev–Trinajstić information content (AvgIpc) is 3.09. The fourth-order valence-corrected chi connectivity index (χ4v) is 3.52. The first-order valence-corrected chi connectivity index (χ1v) is 9.45. The lowest BCUT2D eigenvalue weighted by Crippen LogP contribution is -2.05. The van der Waals surface area contributed by atoms with Crippen molar-refractivity contribution in [3.63, 3.8) is 0 Å². The lowest BCUT2D eigenvalue weighted by atomic mass is 10.1. The van der Waals surface area contributed by atoms with Crippen LogP contribution in [0, 0.1) is 10.1 Å². The summed E-state index contributed by atoms with van der Waals surface area (Å²) in [5.41, 5.74) is 1.17. The van der Waals surface area contributed by atoms with Crippen molar-refractivity contribution in [2.75, 3.05) is 5.75 Å². The molecule has 0 aliphatic heterocycles. The monoisotopic (exact) mass is 402 g/mol. The number of nitro benzene ring substituents is 1. The maximum absolute atomic E-state index is 12.3. The van der Waals surface area contributed by atoms with Gasteiger partial charge in [0.25, 0.3) is 5.69 Å². The Kier molecular flexibility index (Phi) is 5.88. The van der Waals surface area contributed by atoms with Gasteiger partial charge < -0.3 is 4.57 Å². The molecule has 27 heavy (non-hydrogen) atoms. The van der Waals surface area contributed by atoms with E-state index in [1.54, 1.807) is 36.4 Å². The third kappa shape index (κ3) is 4.35. The van der Waals surface area contributed by atoms with Crippen LogP contribution in [-0.4, -0.2) is 31.2 Å². The number of ketones is 1. The molecule has 7 nitrogen and oxygen atoms in total. The molecule has 3 rings (SSSR count). The number of hydrogen-bond acceptors (Lipinski definition) is 6. The number of hydrogen-bond donors (Lipinski definition) is 0. The highest BCUT2D eigenvalue weighted by atomic mass is 35.5. The van der Waals surface area contributed by atoms with E-state index in [9.17, 15) is 14.9 Å². The van der Waals surface area contributed by atoms with Crippen LogP contribution in [0.15, 0.2) is 53.7 Å². The zero-order valence-electron chi connectivity index (χ0n) is 14.3. The van der Waals surface area contributed by atoms with Gasteiger partial charge in [-0.1, -0.05) is 35.5 Å². The number of carbonyl (C=O) groups excluding carboxylic acids is 1. The smallest absolute Gasteiger partial charge is 0.270 e. The van der Waals surface area contributed by atoms with Gasteiger partial charge in [0.05, 0.1) is 10.7 Å². The third-order valence-corrected chi connectivity index (χ3v) is 5.07. The molecule has 0 atom stereocenters. The molecule has 0 aliphatic carbocycles. The first-order chi connectivity index (χ1) is 13.0. The van der Waals surface area contributed by atoms with Crippen LogP contribution in [0.1, 0.15) is 17.3 Å². The molecule has 0 spiro atoms. The van der Waals surface area contributed by atoms with E-state index in [0.29, 0.717) is 33.7 Å². The van der Waals surface area contributed by atoms with Crippen molar-refractivity contribution in [3.8, 4) is 11.4 Å². The van der Waals surface area contributed by atoms with Gasteiger partial charge in [0.1, 0.15) is 0 Å². The van der Waals surface area contributed by atoms with E-state index in [4.69, 9.17) is 11.6 Å². The second-order valence-electron chi connectivity index (χ2n) is 5.58. The van der Waals surface area contributed by atoms with E-state index in [2.05, 4.69) is 10.2 Å². The van der Waals surface area contributed by atoms with Crippen molar-refractivity contribution in [1.29, 1.82) is 0 Å². The van der Waals surface area contributed by atoms with E-state index >= 15 is 0 Å². The summed E-state index contributed by atoms with van der Waals surface area (Å²) in [5, 5.41) is 20.5. The molecule has 0 fully saturated rings. The van der Waals surface area contributed by atoms with Gasteiger partial charge in [-0.05, 0) is 31.2 Å². The Balaban J connectivity index is 1.80. The first-order valence-electron chi connectivity index (χ1n) is 8.09. The molecule has 0 saturated heterocycles. The molecule has 1 heterocycles. The summed E-state index contributed by atoms with van der Waals surface area (Å²) in [6.07, 6.45) is 0. The Morgan fingerprint density at radius 1 is 1.22 bits per heavy atom. The summed E-state index contributed by atoms with van der Waals surface area (Å²) in [6.45, 7) is 2.50. The first kappa shape index (κ1) is 19.1. The summed E-state index contributed by atoms with van der Waals surface area (Å²) in [5.74, 6) is 0.691. The molecule has 138 valence electrons. The predicted molar refractivity (Wildman–Crippen MR) is 104 cm³/mol. The topological polar surface area (TPSA) is 90.9 Å². The molecule has 0 radical (unpaired) electrons. The highest BCUT2D eigenvalue weighted by Crippen LogP contribution is 2.27. The number of halogens is 1. The average molecular weight is 403 g/mol. The normalized spacial score (nSPS) is 10.7. The highest BCUT2D eigenvalue weighted by Gasteiger charge is 2.17. The van der Waals surface area contributed by atoms with E-state index in [1.165, 1.54) is 23.9 Å². The number of nitro groups is 1. The molecule has 0 unspecified atom stereocenters. The number of non-ortho nitro benzene ring substituents is 1. The molecular weight excluding hydrogens is 388 g/mol. The van der Waals surface area contributed by atoms with Crippen LogP contribution in [0.2, 0.25) is 5.02 Å². The second-order valence-corrected chi connectivity index (χ2v) is 6.96. The van der Waals surface area contributed by atoms with Gasteiger partial charge in [-0.2, -0.15) is 0 Å². The van der Waals surface area contributed by atoms with Gasteiger partial charge in [0.15, 0.2) is 16.8 Å². The number of Topliss-reactive ketones (excluding diaryl/α,β-unsaturated/α-hetero) is 1. The van der Waals surface area contributed by atoms with Crippen molar-refractivity contribution < 1.29 is 9.72 Å². The predicted octanol–water partition coefficient (Wildman–Crippen LogP) is 4.50. The minimum absolute atomic E-state index is 0.00901. The van der Waals surface area contributed by atoms with Gasteiger partial charge in [-0.25, -0.2) is 0 Å². The van der Waals surface area contributed by atoms with Gasteiger partial charge in [-0.15, -0.1) is 10.2 Å². The van der Waals surface area contributed by atoms with Gasteiger partial charge in [0.2, 0.25) is 0 Å². The van der Waals surface area contributed by atoms with Gasteiger partial charge >= 0.3 is 0 Å². The number of aromatic nitrogens is 3. The minimum atomic E-state index is -0.448. The van der Waals surface area contributed by atoms with Crippen molar-refractivity contribution in [3.05, 3.63) is 69.2 Å². The summed E-state index contributed by atoms with van der Waals surface area (Å²) in [7, 11) is 0. The molecule has 2 aromatic carbocycles. The Morgan fingerprint density at radius 2 is 1.96 bits per heavy atom. The molecule has 0 N–H and O–H groups in total. The van der Waals surface area contributed by atoms with Gasteiger partial charge in [-0.3, -0.25) is 14.9 Å². The Hall–Kier alpha value is -2.71. The molecular formula is C18H15ClN4O3S. The van der Waals surface area contributed by atoms with E-state index in [0.717, 1.165) is 0 Å². The largest absolute Gasteiger partial charge is 0.302 e. The molecule has 0 bridgehead atoms. The van der Waals surface area contributed by atoms with Crippen molar-refractivity contribution >= 4 is 34.8 Å². The number of benzene rings is 2. The van der Waals surface area contributed by atoms with Crippen LogP contribution in [0.4, 0.5) is 5.69 Å². The molecule has 0 amide bonds. The van der Waals surface area contributed by atoms with Crippen LogP contribution >= 0.6 is 23.4 Å². The number of thioether (sulfide) groups is 1. The van der Waals surface area contributed by atoms with E-state index in [-0.39, 0.29) is 17.2 Å². The fourth-order valence-electron chi connectivity index (χ4n) is 2.50. The zero-order chi connectivity index (χ0) is 19.4. The number of carbonyl (C=O) groups is 1. The van der Waals surface area contributed by atoms with E-state index < -0.39 is 4.92 Å². The second kappa shape index (κ2) is 8.32. The van der Waals surface area contributed by atoms with Crippen LogP contribution in [0.25, 0.3) is 11.4 Å². The van der Waals surface area contributed by atoms with Crippen LogP contribution in [0.5, 0.6) is 0 Å². The molecule has 1 aromatic heterocycles. The van der Waals surface area contributed by atoms with Gasteiger partial charge in [0, 0.05) is 34.8 Å². The van der Waals surface area contributed by atoms with Crippen LogP contribution < -0.4 is 0 Å². The lowest BCUT2D eigenvalue weighted by molar-refractivity contribution is -0.384. The fraction of sp³-hybridized carbons (Fsp3) is 0.167. The Bertz CT molecular complexity index is 989. The number of rotatable bonds is 7. The third-order valence-electron chi connectivity index (χ3n) is 3.85. The van der Waals surface area contributed by atoms with Crippen LogP contribution in [-0.2, 0) is 6.54 Å². The minimum Gasteiger partial charge on any atom is -0.302 e. The zero-order valence-corrected chi connectivity index (χ0v) is 15.9. The van der Waals surface area contributed by atoms with Crippen molar-refractivity contribution in [1.82, 2.24) is 14.8 Å². The molecule has 9 heteroatoms. The lowest BCUT2D eigenvalue weighted by Gasteiger charge is -2.07. The summed E-state index contributed by atoms with van der Waals surface area (Å²) >= 11 is 7.12. The summed E-state index contributed by atoms with van der Waals surface area (Å²) < 4.78 is 1.83. The van der Waals surface area contributed by atoms with Crippen molar-refractivity contribution in [2.24, 2.45) is 0 Å². The Morgan fingerprint density at radius 3 is 2.63 bits per heavy atom. The van der Waals surface area contributed by atoms with E-state index in [1.807, 2.05) is 11.5 Å². The molecule has 3 aromatic rings. The maximum Gasteiger partial charge on any atom is 0.270 e. The molecule has 0 aliphatic rings. The molecule has 0 saturated carbocycles. The quantitative estimate of drug-likeness (QED) is 0.250. The number of nitrogens with zero attached hydrogens (tertiary/aromatic N) is 4. The summed E-state index contributed by atoms with van der Waals surface area (Å²) in [4.78, 5) is 22.9. The Labute approximate surface area is 164 Å². The maximum atomic E-state index is 12.3. The highest BCUT2D eigenvalue weighted by molar-refractivity contribution is 7.99. The van der Waals surface area contributed by atoms with Crippen LogP contribution in [0.3, 0.4) is 0 Å². The summed E-state index contributed by atoms with van der Waals surface area (Å²) in [6, 6.07) is 13.0. The standard InChI is InChI=1S/C18H15ClN4O3S/c1-2-22-17(13-4-3-5-15(10-13)23(25)26)20-21-18(22)27-11-16(24)12-6-8-14(19)9-7-12/h3-10H,2,11H2,1H3. The SMILES string of the molecule is CCn1c(SCC(=O)c2ccc(Cl)cc2)nnc1-c1cccc([N+](=O)[O-])c1.